The van der Waals surface area contributed by atoms with E-state index >= 15 is 0 Å². The number of halogens is 1. The molecule has 20 heavy (non-hydrogen) atoms. The number of benzene rings is 1. The Bertz CT molecular complexity index is 492. The number of ether oxygens (including phenoxy) is 1. The number of rotatable bonds is 4. The Morgan fingerprint density at radius 3 is 2.95 bits per heavy atom. The molecule has 0 aromatic heterocycles. The van der Waals surface area contributed by atoms with Crippen LogP contribution in [0.3, 0.4) is 0 Å². The number of aliphatic hydroxyl groups is 1. The van der Waals surface area contributed by atoms with E-state index in [2.05, 4.69) is 6.92 Å². The number of hydrogen-bond donors (Lipinski definition) is 1. The molecule has 1 aromatic carbocycles. The summed E-state index contributed by atoms with van der Waals surface area (Å²) in [5.74, 6) is 0.916. The van der Waals surface area contributed by atoms with E-state index < -0.39 is 0 Å². The molecule has 1 aromatic rings. The predicted octanol–water partition coefficient (Wildman–Crippen LogP) is 2.26. The molecule has 1 heterocycles. The first-order chi connectivity index (χ1) is 9.52. The van der Waals surface area contributed by atoms with Crippen molar-refractivity contribution in [2.45, 2.75) is 26.3 Å². The SMILES string of the molecule is Cc1cc(Cl)ccc1OCC(=O)N1CCC(C)C1CO. The minimum Gasteiger partial charge on any atom is -0.483 e. The first-order valence-corrected chi connectivity index (χ1v) is 7.20. The fourth-order valence-electron chi connectivity index (χ4n) is 2.59. The van der Waals surface area contributed by atoms with Crippen LogP contribution in [0.25, 0.3) is 0 Å². The zero-order chi connectivity index (χ0) is 14.7. The average molecular weight is 298 g/mol. The second-order valence-corrected chi connectivity index (χ2v) is 5.74. The van der Waals surface area contributed by atoms with Crippen molar-refractivity contribution in [2.24, 2.45) is 5.92 Å². The van der Waals surface area contributed by atoms with Crippen LogP contribution in [0.2, 0.25) is 5.02 Å². The Morgan fingerprint density at radius 2 is 2.30 bits per heavy atom. The lowest BCUT2D eigenvalue weighted by atomic mass is 10.0. The van der Waals surface area contributed by atoms with Gasteiger partial charge < -0.3 is 14.7 Å². The number of likely N-dealkylation sites (tertiary alicyclic amines) is 1. The smallest absolute Gasteiger partial charge is 0.260 e. The van der Waals surface area contributed by atoms with E-state index in [1.165, 1.54) is 0 Å². The molecule has 1 saturated heterocycles. The van der Waals surface area contributed by atoms with Crippen molar-refractivity contribution in [3.8, 4) is 5.75 Å². The molecular formula is C15H20ClNO3. The van der Waals surface area contributed by atoms with E-state index in [1.54, 1.807) is 23.1 Å². The van der Waals surface area contributed by atoms with Crippen LogP contribution in [0.15, 0.2) is 18.2 Å². The van der Waals surface area contributed by atoms with Crippen LogP contribution in [0.1, 0.15) is 18.9 Å². The molecule has 1 amide bonds. The van der Waals surface area contributed by atoms with Crippen molar-refractivity contribution >= 4 is 17.5 Å². The molecule has 0 bridgehead atoms. The topological polar surface area (TPSA) is 49.8 Å². The molecule has 1 aliphatic rings. The monoisotopic (exact) mass is 297 g/mol. The largest absolute Gasteiger partial charge is 0.483 e. The van der Waals surface area contributed by atoms with Gasteiger partial charge in [-0.3, -0.25) is 4.79 Å². The first-order valence-electron chi connectivity index (χ1n) is 6.82. The van der Waals surface area contributed by atoms with Gasteiger partial charge in [0.25, 0.3) is 5.91 Å². The lowest BCUT2D eigenvalue weighted by Gasteiger charge is -2.25. The molecule has 110 valence electrons. The van der Waals surface area contributed by atoms with Gasteiger partial charge in [-0.2, -0.15) is 0 Å². The van der Waals surface area contributed by atoms with Gasteiger partial charge >= 0.3 is 0 Å². The second-order valence-electron chi connectivity index (χ2n) is 5.30. The van der Waals surface area contributed by atoms with Crippen molar-refractivity contribution in [1.82, 2.24) is 4.90 Å². The van der Waals surface area contributed by atoms with E-state index in [9.17, 15) is 9.90 Å². The third kappa shape index (κ3) is 3.25. The van der Waals surface area contributed by atoms with Crippen LogP contribution < -0.4 is 4.74 Å². The maximum Gasteiger partial charge on any atom is 0.260 e. The van der Waals surface area contributed by atoms with E-state index in [0.717, 1.165) is 12.0 Å². The van der Waals surface area contributed by atoms with Crippen molar-refractivity contribution in [3.63, 3.8) is 0 Å². The van der Waals surface area contributed by atoms with E-state index in [0.29, 0.717) is 23.2 Å². The number of hydrogen-bond acceptors (Lipinski definition) is 3. The number of carbonyl (C=O) groups excluding carboxylic acids is 1. The van der Waals surface area contributed by atoms with Gasteiger partial charge in [-0.25, -0.2) is 0 Å². The number of aliphatic hydroxyl groups excluding tert-OH is 1. The van der Waals surface area contributed by atoms with Gasteiger partial charge in [0.15, 0.2) is 6.61 Å². The summed E-state index contributed by atoms with van der Waals surface area (Å²) in [7, 11) is 0. The van der Waals surface area contributed by atoms with E-state index in [1.807, 2.05) is 6.92 Å². The molecular weight excluding hydrogens is 278 g/mol. The van der Waals surface area contributed by atoms with Gasteiger partial charge in [0.2, 0.25) is 0 Å². The maximum absolute atomic E-state index is 12.2. The van der Waals surface area contributed by atoms with Gasteiger partial charge in [-0.05, 0) is 43.0 Å². The highest BCUT2D eigenvalue weighted by atomic mass is 35.5. The molecule has 2 rings (SSSR count). The minimum atomic E-state index is -0.0857. The second kappa shape index (κ2) is 6.46. The molecule has 1 N–H and O–H groups in total. The van der Waals surface area contributed by atoms with Crippen LogP contribution in [0.4, 0.5) is 0 Å². The fourth-order valence-corrected chi connectivity index (χ4v) is 2.82. The summed E-state index contributed by atoms with van der Waals surface area (Å²) in [6.45, 7) is 4.63. The van der Waals surface area contributed by atoms with Gasteiger partial charge in [-0.1, -0.05) is 18.5 Å². The van der Waals surface area contributed by atoms with Gasteiger partial charge in [0.05, 0.1) is 12.6 Å². The molecule has 2 unspecified atom stereocenters. The Hall–Kier alpha value is -1.26. The van der Waals surface area contributed by atoms with E-state index in [-0.39, 0.29) is 25.2 Å². The Morgan fingerprint density at radius 1 is 1.55 bits per heavy atom. The Labute approximate surface area is 124 Å². The Balaban J connectivity index is 1.95. The van der Waals surface area contributed by atoms with Crippen LogP contribution in [-0.4, -0.2) is 41.7 Å². The lowest BCUT2D eigenvalue weighted by molar-refractivity contribution is -0.135. The normalized spacial score (nSPS) is 22.1. The summed E-state index contributed by atoms with van der Waals surface area (Å²) < 4.78 is 5.56. The molecule has 4 nitrogen and oxygen atoms in total. The third-order valence-electron chi connectivity index (χ3n) is 3.88. The van der Waals surface area contributed by atoms with Crippen molar-refractivity contribution in [1.29, 1.82) is 0 Å². The van der Waals surface area contributed by atoms with Crippen molar-refractivity contribution in [3.05, 3.63) is 28.8 Å². The maximum atomic E-state index is 12.2. The zero-order valence-electron chi connectivity index (χ0n) is 11.8. The zero-order valence-corrected chi connectivity index (χ0v) is 12.6. The van der Waals surface area contributed by atoms with Gasteiger partial charge in [0.1, 0.15) is 5.75 Å². The molecule has 1 aliphatic heterocycles. The van der Waals surface area contributed by atoms with Crippen molar-refractivity contribution < 1.29 is 14.6 Å². The van der Waals surface area contributed by atoms with Crippen LogP contribution in [0.5, 0.6) is 5.75 Å². The van der Waals surface area contributed by atoms with Gasteiger partial charge in [-0.15, -0.1) is 0 Å². The summed E-state index contributed by atoms with van der Waals surface area (Å²) in [6, 6.07) is 5.22. The van der Waals surface area contributed by atoms with E-state index in [4.69, 9.17) is 16.3 Å². The summed E-state index contributed by atoms with van der Waals surface area (Å²) in [5.41, 5.74) is 0.902. The first kappa shape index (κ1) is 15.1. The summed E-state index contributed by atoms with van der Waals surface area (Å²) in [6.07, 6.45) is 0.928. The summed E-state index contributed by atoms with van der Waals surface area (Å²) >= 11 is 5.88. The quantitative estimate of drug-likeness (QED) is 0.927. The van der Waals surface area contributed by atoms with Crippen molar-refractivity contribution in [2.75, 3.05) is 19.8 Å². The lowest BCUT2D eigenvalue weighted by Crippen LogP contribution is -2.42. The molecule has 2 atom stereocenters. The minimum absolute atomic E-state index is 0.00682. The van der Waals surface area contributed by atoms with Crippen LogP contribution in [-0.2, 0) is 4.79 Å². The highest BCUT2D eigenvalue weighted by Gasteiger charge is 2.33. The Kier molecular flexibility index (Phi) is 4.89. The molecule has 1 fully saturated rings. The molecule has 0 aliphatic carbocycles. The van der Waals surface area contributed by atoms with Crippen LogP contribution in [0, 0.1) is 12.8 Å². The number of carbonyl (C=O) groups is 1. The fraction of sp³-hybridized carbons (Fsp3) is 0.533. The number of aryl methyl sites for hydroxylation is 1. The highest BCUT2D eigenvalue weighted by Crippen LogP contribution is 2.25. The molecule has 0 spiro atoms. The molecule has 5 heteroatoms. The summed E-state index contributed by atoms with van der Waals surface area (Å²) in [5, 5.41) is 10.0. The number of amides is 1. The highest BCUT2D eigenvalue weighted by molar-refractivity contribution is 6.30. The third-order valence-corrected chi connectivity index (χ3v) is 4.11. The number of nitrogens with zero attached hydrogens (tertiary/aromatic N) is 1. The van der Waals surface area contributed by atoms with Crippen LogP contribution >= 0.6 is 11.6 Å². The predicted molar refractivity (Wildman–Crippen MR) is 78.1 cm³/mol. The standard InChI is InChI=1S/C15H20ClNO3/c1-10-5-6-17(13(10)8-18)15(19)9-20-14-4-3-12(16)7-11(14)2/h3-4,7,10,13,18H,5-6,8-9H2,1-2H3. The van der Waals surface area contributed by atoms with Gasteiger partial charge in [0, 0.05) is 11.6 Å². The average Bonchev–Trinajstić information content (AvgIpc) is 2.78. The molecule has 0 saturated carbocycles. The summed E-state index contributed by atoms with van der Waals surface area (Å²) in [4.78, 5) is 13.9. The molecule has 0 radical (unpaired) electrons.